The van der Waals surface area contributed by atoms with E-state index >= 15 is 0 Å². The number of carbonyl (C=O) groups is 2. The third-order valence-electron chi connectivity index (χ3n) is 6.59. The number of carbonyl (C=O) groups excluding carboxylic acids is 2. The molecule has 1 aromatic carbocycles. The van der Waals surface area contributed by atoms with Gasteiger partial charge in [0, 0.05) is 24.5 Å². The molecular formula is C27H40N3O9P. The van der Waals surface area contributed by atoms with Crippen molar-refractivity contribution in [3.8, 4) is 11.5 Å². The number of fused-ring (bicyclic) bond motifs is 1. The Balaban J connectivity index is 1.71. The van der Waals surface area contributed by atoms with Crippen molar-refractivity contribution >= 4 is 36.3 Å². The molecule has 1 atom stereocenters. The molecule has 0 bridgehead atoms. The second-order valence-electron chi connectivity index (χ2n) is 10.2. The Labute approximate surface area is 235 Å². The Bertz CT molecular complexity index is 1180. The summed E-state index contributed by atoms with van der Waals surface area (Å²) >= 11 is 0. The quantitative estimate of drug-likeness (QED) is 0.183. The molecule has 40 heavy (non-hydrogen) atoms. The van der Waals surface area contributed by atoms with Gasteiger partial charge in [-0.05, 0) is 31.2 Å². The fourth-order valence-corrected chi connectivity index (χ4v) is 6.01. The fraction of sp³-hybridized carbons (Fsp3) is 0.630. The summed E-state index contributed by atoms with van der Waals surface area (Å²) in [5.41, 5.74) is 0.738. The van der Waals surface area contributed by atoms with Crippen LogP contribution in [0.5, 0.6) is 11.5 Å². The molecule has 1 saturated heterocycles. The van der Waals surface area contributed by atoms with Gasteiger partial charge < -0.3 is 23.8 Å². The molecule has 1 unspecified atom stereocenters. The van der Waals surface area contributed by atoms with Crippen LogP contribution in [-0.4, -0.2) is 69.0 Å². The maximum atomic E-state index is 13.7. The molecule has 1 aliphatic rings. The first-order valence-corrected chi connectivity index (χ1v) is 15.1. The predicted molar refractivity (Wildman–Crippen MR) is 148 cm³/mol. The standard InChI is InChI=1S/C27H40N3O9P/c1-18(2)26(31)36-16-38-40(33,39-17-37-27(32)19(3)4)14-20-8-7-10-30(11-9-20)25-21-12-23(34-5)24(35-6)13-22(21)28-15-29-25/h12-13,15,18-20H,7-11,14,16-17H2,1-6H3. The number of benzene rings is 1. The average Bonchev–Trinajstić information content (AvgIpc) is 3.16. The Morgan fingerprint density at radius 3 is 2.10 bits per heavy atom. The molecule has 1 aliphatic heterocycles. The molecule has 3 rings (SSSR count). The van der Waals surface area contributed by atoms with Gasteiger partial charge in [0.25, 0.3) is 0 Å². The lowest BCUT2D eigenvalue weighted by molar-refractivity contribution is -0.156. The highest BCUT2D eigenvalue weighted by Crippen LogP contribution is 2.51. The predicted octanol–water partition coefficient (Wildman–Crippen LogP) is 4.79. The summed E-state index contributed by atoms with van der Waals surface area (Å²) in [5.74, 6) is 0.271. The van der Waals surface area contributed by atoms with Gasteiger partial charge in [-0.1, -0.05) is 27.7 Å². The molecular weight excluding hydrogens is 541 g/mol. The maximum absolute atomic E-state index is 13.7. The van der Waals surface area contributed by atoms with Crippen molar-refractivity contribution in [2.75, 3.05) is 52.0 Å². The molecule has 0 radical (unpaired) electrons. The largest absolute Gasteiger partial charge is 0.493 e. The first kappa shape index (κ1) is 31.6. The van der Waals surface area contributed by atoms with Crippen molar-refractivity contribution < 1.29 is 42.1 Å². The van der Waals surface area contributed by atoms with Crippen molar-refractivity contribution in [1.82, 2.24) is 9.97 Å². The SMILES string of the molecule is COc1cc2ncnc(N3CCCC(CP(=O)(OCOC(=O)C(C)C)OCOC(=O)C(C)C)CC3)c2cc1OC. The number of anilines is 1. The van der Waals surface area contributed by atoms with Crippen LogP contribution in [0.1, 0.15) is 47.0 Å². The number of hydrogen-bond donors (Lipinski definition) is 0. The number of methoxy groups -OCH3 is 2. The van der Waals surface area contributed by atoms with E-state index in [1.807, 2.05) is 12.1 Å². The first-order valence-electron chi connectivity index (χ1n) is 13.4. The van der Waals surface area contributed by atoms with Crippen LogP contribution in [0.15, 0.2) is 18.5 Å². The number of rotatable bonds is 13. The minimum Gasteiger partial charge on any atom is -0.493 e. The molecule has 2 aromatic rings. The topological polar surface area (TPSA) is 136 Å². The number of ether oxygens (including phenoxy) is 4. The second kappa shape index (κ2) is 14.6. The summed E-state index contributed by atoms with van der Waals surface area (Å²) in [5, 5.41) is 0.842. The third kappa shape index (κ3) is 8.52. The number of hydrogen-bond acceptors (Lipinski definition) is 12. The van der Waals surface area contributed by atoms with Gasteiger partial charge in [0.2, 0.25) is 13.6 Å². The zero-order valence-electron chi connectivity index (χ0n) is 24.1. The average molecular weight is 582 g/mol. The van der Waals surface area contributed by atoms with E-state index in [1.165, 1.54) is 6.33 Å². The Morgan fingerprint density at radius 2 is 1.52 bits per heavy atom. The highest BCUT2D eigenvalue weighted by atomic mass is 31.2. The van der Waals surface area contributed by atoms with Gasteiger partial charge >= 0.3 is 19.5 Å². The van der Waals surface area contributed by atoms with Gasteiger partial charge in [0.1, 0.15) is 12.1 Å². The van der Waals surface area contributed by atoms with Gasteiger partial charge in [0.05, 0.1) is 37.7 Å². The molecule has 1 aromatic heterocycles. The highest BCUT2D eigenvalue weighted by molar-refractivity contribution is 7.53. The van der Waals surface area contributed by atoms with Crippen LogP contribution in [0.25, 0.3) is 10.9 Å². The van der Waals surface area contributed by atoms with E-state index in [0.717, 1.165) is 36.1 Å². The first-order chi connectivity index (χ1) is 19.1. The fourth-order valence-electron chi connectivity index (χ4n) is 4.30. The molecule has 0 saturated carbocycles. The van der Waals surface area contributed by atoms with Gasteiger partial charge in [0.15, 0.2) is 11.5 Å². The van der Waals surface area contributed by atoms with Crippen LogP contribution in [0.4, 0.5) is 5.82 Å². The van der Waals surface area contributed by atoms with E-state index in [0.29, 0.717) is 24.5 Å². The smallest absolute Gasteiger partial charge is 0.336 e. The lowest BCUT2D eigenvalue weighted by atomic mass is 10.0. The molecule has 0 aliphatic carbocycles. The second-order valence-corrected chi connectivity index (χ2v) is 12.3. The summed E-state index contributed by atoms with van der Waals surface area (Å²) in [6.07, 6.45) is 3.89. The molecule has 0 spiro atoms. The molecule has 0 amide bonds. The minimum absolute atomic E-state index is 0.0137. The van der Waals surface area contributed by atoms with E-state index in [4.69, 9.17) is 28.0 Å². The Kier molecular flexibility index (Phi) is 11.5. The summed E-state index contributed by atoms with van der Waals surface area (Å²) in [7, 11) is -0.598. The lowest BCUT2D eigenvalue weighted by Crippen LogP contribution is -2.26. The van der Waals surface area contributed by atoms with E-state index in [2.05, 4.69) is 14.9 Å². The summed E-state index contributed by atoms with van der Waals surface area (Å²) < 4.78 is 45.7. The normalized spacial score (nSPS) is 16.2. The van der Waals surface area contributed by atoms with Crippen molar-refractivity contribution in [2.45, 2.75) is 47.0 Å². The van der Waals surface area contributed by atoms with Crippen LogP contribution in [0, 0.1) is 17.8 Å². The van der Waals surface area contributed by atoms with Gasteiger partial charge in [-0.15, -0.1) is 0 Å². The van der Waals surface area contributed by atoms with Crippen molar-refractivity contribution in [3.05, 3.63) is 18.5 Å². The van der Waals surface area contributed by atoms with Crippen LogP contribution in [0.2, 0.25) is 0 Å². The van der Waals surface area contributed by atoms with E-state index in [1.54, 1.807) is 41.9 Å². The van der Waals surface area contributed by atoms with E-state index in [-0.39, 0.29) is 23.9 Å². The third-order valence-corrected chi connectivity index (χ3v) is 8.55. The maximum Gasteiger partial charge on any atom is 0.336 e. The zero-order valence-corrected chi connectivity index (χ0v) is 25.0. The van der Waals surface area contributed by atoms with Crippen LogP contribution in [-0.2, 0) is 32.7 Å². The molecule has 0 N–H and O–H groups in total. The summed E-state index contributed by atoms with van der Waals surface area (Å²) in [6.45, 7) is 7.12. The Hall–Kier alpha value is -2.95. The van der Waals surface area contributed by atoms with Crippen molar-refractivity contribution in [3.63, 3.8) is 0 Å². The van der Waals surface area contributed by atoms with E-state index < -0.39 is 33.1 Å². The van der Waals surface area contributed by atoms with Gasteiger partial charge in [-0.25, -0.2) is 9.97 Å². The Morgan fingerprint density at radius 1 is 0.925 bits per heavy atom. The number of esters is 2. The summed E-state index contributed by atoms with van der Waals surface area (Å²) in [6, 6.07) is 3.70. The summed E-state index contributed by atoms with van der Waals surface area (Å²) in [4.78, 5) is 34.8. The molecule has 12 nitrogen and oxygen atoms in total. The minimum atomic E-state index is -3.76. The molecule has 2 heterocycles. The van der Waals surface area contributed by atoms with Crippen LogP contribution >= 0.6 is 7.60 Å². The lowest BCUT2D eigenvalue weighted by Gasteiger charge is -2.24. The van der Waals surface area contributed by atoms with Crippen LogP contribution < -0.4 is 14.4 Å². The number of nitrogens with zero attached hydrogens (tertiary/aromatic N) is 3. The molecule has 1 fully saturated rings. The van der Waals surface area contributed by atoms with E-state index in [9.17, 15) is 14.2 Å². The zero-order chi connectivity index (χ0) is 29.3. The molecule has 222 valence electrons. The van der Waals surface area contributed by atoms with Gasteiger partial charge in [-0.3, -0.25) is 23.2 Å². The van der Waals surface area contributed by atoms with Crippen LogP contribution in [0.3, 0.4) is 0 Å². The van der Waals surface area contributed by atoms with Gasteiger partial charge in [-0.2, -0.15) is 0 Å². The monoisotopic (exact) mass is 581 g/mol. The number of aromatic nitrogens is 2. The van der Waals surface area contributed by atoms with Crippen molar-refractivity contribution in [2.24, 2.45) is 17.8 Å². The van der Waals surface area contributed by atoms with Crippen molar-refractivity contribution in [1.29, 1.82) is 0 Å². The highest BCUT2D eigenvalue weighted by Gasteiger charge is 2.32. The molecule has 13 heteroatoms.